The van der Waals surface area contributed by atoms with E-state index in [1.165, 1.54) is 0 Å². The van der Waals surface area contributed by atoms with E-state index in [0.717, 1.165) is 24.5 Å². The first-order chi connectivity index (χ1) is 7.22. The van der Waals surface area contributed by atoms with Gasteiger partial charge in [0.15, 0.2) is 0 Å². The first-order valence-electron chi connectivity index (χ1n) is 5.34. The number of benzene rings is 1. The van der Waals surface area contributed by atoms with Gasteiger partial charge >= 0.3 is 0 Å². The molecule has 92 valence electrons. The number of likely N-dealkylation sites (N-methyl/N-ethyl adjacent to an activating group) is 1. The molecule has 0 radical (unpaired) electrons. The summed E-state index contributed by atoms with van der Waals surface area (Å²) in [6.07, 6.45) is 0. The smallest absolute Gasteiger partial charge is 0.119 e. The lowest BCUT2D eigenvalue weighted by molar-refractivity contribution is 0.340. The Labute approximate surface area is 104 Å². The minimum Gasteiger partial charge on any atom is -0.494 e. The highest BCUT2D eigenvalue weighted by Crippen LogP contribution is 2.15. The van der Waals surface area contributed by atoms with Gasteiger partial charge in [-0.1, -0.05) is 0 Å². The van der Waals surface area contributed by atoms with Gasteiger partial charge in [0.05, 0.1) is 6.61 Å². The summed E-state index contributed by atoms with van der Waals surface area (Å²) < 4.78 is 5.37. The fourth-order valence-corrected chi connectivity index (χ4v) is 1.26. The second kappa shape index (κ2) is 8.25. The third kappa shape index (κ3) is 5.83. The van der Waals surface area contributed by atoms with E-state index in [1.54, 1.807) is 0 Å². The maximum absolute atomic E-state index is 5.37. The van der Waals surface area contributed by atoms with Crippen LogP contribution < -0.4 is 10.1 Å². The average Bonchev–Trinajstić information content (AvgIpc) is 2.20. The molecule has 0 aliphatic rings. The Bertz CT molecular complexity index is 275. The molecule has 1 aromatic rings. The number of hydrogen-bond donors (Lipinski definition) is 1. The van der Waals surface area contributed by atoms with Crippen molar-refractivity contribution in [3.05, 3.63) is 24.3 Å². The van der Waals surface area contributed by atoms with Crippen LogP contribution >= 0.6 is 12.4 Å². The summed E-state index contributed by atoms with van der Waals surface area (Å²) in [6, 6.07) is 8.06. The number of hydrogen-bond acceptors (Lipinski definition) is 3. The van der Waals surface area contributed by atoms with Crippen LogP contribution in [-0.4, -0.2) is 38.7 Å². The van der Waals surface area contributed by atoms with Gasteiger partial charge in [0, 0.05) is 18.8 Å². The lowest BCUT2D eigenvalue weighted by Gasteiger charge is -2.11. The molecule has 4 heteroatoms. The molecule has 16 heavy (non-hydrogen) atoms. The van der Waals surface area contributed by atoms with Crippen LogP contribution in [0.5, 0.6) is 5.75 Å². The van der Waals surface area contributed by atoms with Crippen LogP contribution in [0.25, 0.3) is 0 Å². The van der Waals surface area contributed by atoms with Crippen molar-refractivity contribution in [1.29, 1.82) is 0 Å². The average molecular weight is 245 g/mol. The standard InChI is InChI=1S/C12H20N2O.ClH/c1-4-15-12-7-5-11(6-8-12)13-9-10-14(2)3;/h5-8,13H,4,9-10H2,1-3H3;1H. The van der Waals surface area contributed by atoms with E-state index in [0.29, 0.717) is 6.61 Å². The summed E-state index contributed by atoms with van der Waals surface area (Å²) in [5, 5.41) is 3.35. The normalized spacial score (nSPS) is 9.75. The molecule has 0 heterocycles. The van der Waals surface area contributed by atoms with Gasteiger partial charge in [-0.25, -0.2) is 0 Å². The second-order valence-electron chi connectivity index (χ2n) is 3.69. The van der Waals surface area contributed by atoms with E-state index >= 15 is 0 Å². The third-order valence-corrected chi connectivity index (χ3v) is 2.05. The summed E-state index contributed by atoms with van der Waals surface area (Å²) >= 11 is 0. The van der Waals surface area contributed by atoms with E-state index in [-0.39, 0.29) is 12.4 Å². The SMILES string of the molecule is CCOc1ccc(NCCN(C)C)cc1.Cl. The minimum absolute atomic E-state index is 0. The van der Waals surface area contributed by atoms with Gasteiger partial charge in [-0.3, -0.25) is 0 Å². The molecule has 3 nitrogen and oxygen atoms in total. The summed E-state index contributed by atoms with van der Waals surface area (Å²) in [5.74, 6) is 0.927. The minimum atomic E-state index is 0. The maximum atomic E-state index is 5.37. The van der Waals surface area contributed by atoms with Crippen molar-refractivity contribution in [2.24, 2.45) is 0 Å². The molecule has 0 saturated heterocycles. The van der Waals surface area contributed by atoms with Crippen LogP contribution in [0.4, 0.5) is 5.69 Å². The topological polar surface area (TPSA) is 24.5 Å². The van der Waals surface area contributed by atoms with Crippen molar-refractivity contribution in [2.45, 2.75) is 6.92 Å². The largest absolute Gasteiger partial charge is 0.494 e. The van der Waals surface area contributed by atoms with E-state index in [4.69, 9.17) is 4.74 Å². The quantitative estimate of drug-likeness (QED) is 0.832. The van der Waals surface area contributed by atoms with Crippen molar-refractivity contribution < 1.29 is 4.74 Å². The molecule has 0 atom stereocenters. The molecular formula is C12H21ClN2O. The monoisotopic (exact) mass is 244 g/mol. The molecule has 0 fully saturated rings. The zero-order valence-electron chi connectivity index (χ0n) is 10.2. The predicted molar refractivity (Wildman–Crippen MR) is 71.9 cm³/mol. The Morgan fingerprint density at radius 1 is 1.19 bits per heavy atom. The number of ether oxygens (including phenoxy) is 1. The molecule has 1 aromatic carbocycles. The molecular weight excluding hydrogens is 224 g/mol. The van der Waals surface area contributed by atoms with Crippen LogP contribution in [0.1, 0.15) is 6.92 Å². The first-order valence-corrected chi connectivity index (χ1v) is 5.34. The number of rotatable bonds is 6. The summed E-state index contributed by atoms with van der Waals surface area (Å²) in [7, 11) is 4.14. The zero-order valence-corrected chi connectivity index (χ0v) is 11.0. The summed E-state index contributed by atoms with van der Waals surface area (Å²) in [6.45, 7) is 4.70. The van der Waals surface area contributed by atoms with Gasteiger partial charge < -0.3 is 15.0 Å². The lowest BCUT2D eigenvalue weighted by atomic mass is 10.3. The van der Waals surface area contributed by atoms with Crippen molar-refractivity contribution in [3.63, 3.8) is 0 Å². The molecule has 0 aliphatic carbocycles. The van der Waals surface area contributed by atoms with E-state index < -0.39 is 0 Å². The highest BCUT2D eigenvalue weighted by molar-refractivity contribution is 5.85. The summed E-state index contributed by atoms with van der Waals surface area (Å²) in [5.41, 5.74) is 1.14. The second-order valence-corrected chi connectivity index (χ2v) is 3.69. The van der Waals surface area contributed by atoms with Crippen LogP contribution in [0.15, 0.2) is 24.3 Å². The first kappa shape index (κ1) is 15.1. The van der Waals surface area contributed by atoms with Crippen molar-refractivity contribution >= 4 is 18.1 Å². The van der Waals surface area contributed by atoms with E-state index in [1.807, 2.05) is 31.2 Å². The highest BCUT2D eigenvalue weighted by Gasteiger charge is 1.94. The number of nitrogens with zero attached hydrogens (tertiary/aromatic N) is 1. The third-order valence-electron chi connectivity index (χ3n) is 2.05. The van der Waals surface area contributed by atoms with E-state index in [2.05, 4.69) is 24.3 Å². The van der Waals surface area contributed by atoms with Crippen LogP contribution in [0, 0.1) is 0 Å². The van der Waals surface area contributed by atoms with Gasteiger partial charge in [-0.15, -0.1) is 12.4 Å². The zero-order chi connectivity index (χ0) is 11.1. The Kier molecular flexibility index (Phi) is 7.77. The molecule has 0 bridgehead atoms. The van der Waals surface area contributed by atoms with Crippen molar-refractivity contribution in [2.75, 3.05) is 39.1 Å². The molecule has 0 unspecified atom stereocenters. The predicted octanol–water partition coefficient (Wildman–Crippen LogP) is 2.48. The molecule has 0 spiro atoms. The fraction of sp³-hybridized carbons (Fsp3) is 0.500. The van der Waals surface area contributed by atoms with Gasteiger partial charge in [0.2, 0.25) is 0 Å². The number of halogens is 1. The van der Waals surface area contributed by atoms with Gasteiger partial charge in [0.25, 0.3) is 0 Å². The molecule has 0 amide bonds. The molecule has 1 N–H and O–H groups in total. The molecule has 0 aliphatic heterocycles. The Morgan fingerprint density at radius 3 is 2.31 bits per heavy atom. The molecule has 1 rings (SSSR count). The van der Waals surface area contributed by atoms with Crippen LogP contribution in [-0.2, 0) is 0 Å². The Morgan fingerprint density at radius 2 is 1.81 bits per heavy atom. The Balaban J connectivity index is 0.00000225. The van der Waals surface area contributed by atoms with Crippen LogP contribution in [0.3, 0.4) is 0 Å². The van der Waals surface area contributed by atoms with Crippen molar-refractivity contribution in [1.82, 2.24) is 4.90 Å². The van der Waals surface area contributed by atoms with Gasteiger partial charge in [0.1, 0.15) is 5.75 Å². The molecule has 0 saturated carbocycles. The highest BCUT2D eigenvalue weighted by atomic mass is 35.5. The van der Waals surface area contributed by atoms with E-state index in [9.17, 15) is 0 Å². The molecule has 0 aromatic heterocycles. The lowest BCUT2D eigenvalue weighted by Crippen LogP contribution is -2.20. The van der Waals surface area contributed by atoms with Gasteiger partial charge in [-0.05, 0) is 45.3 Å². The maximum Gasteiger partial charge on any atom is 0.119 e. The van der Waals surface area contributed by atoms with Crippen LogP contribution in [0.2, 0.25) is 0 Å². The summed E-state index contributed by atoms with van der Waals surface area (Å²) in [4.78, 5) is 2.15. The number of anilines is 1. The fourth-order valence-electron chi connectivity index (χ4n) is 1.26. The Hall–Kier alpha value is -0.930. The number of nitrogens with one attached hydrogen (secondary N) is 1. The van der Waals surface area contributed by atoms with Crippen molar-refractivity contribution in [3.8, 4) is 5.75 Å². The van der Waals surface area contributed by atoms with Gasteiger partial charge in [-0.2, -0.15) is 0 Å².